The van der Waals surface area contributed by atoms with Crippen LogP contribution in [0.5, 0.6) is 0 Å². The SMILES string of the molecule is CC(=CC(=O)N1CCOC(C(=O)O)C1)CCc1ccccc1. The van der Waals surface area contributed by atoms with E-state index < -0.39 is 12.1 Å². The van der Waals surface area contributed by atoms with Gasteiger partial charge in [-0.1, -0.05) is 35.9 Å². The average molecular weight is 303 g/mol. The van der Waals surface area contributed by atoms with E-state index in [0.717, 1.165) is 18.4 Å². The molecule has 0 bridgehead atoms. The summed E-state index contributed by atoms with van der Waals surface area (Å²) in [5.74, 6) is -1.16. The third-order valence-corrected chi connectivity index (χ3v) is 3.67. The summed E-state index contributed by atoms with van der Waals surface area (Å²) in [7, 11) is 0. The highest BCUT2D eigenvalue weighted by atomic mass is 16.5. The van der Waals surface area contributed by atoms with Crippen molar-refractivity contribution in [3.63, 3.8) is 0 Å². The number of benzene rings is 1. The average Bonchev–Trinajstić information content (AvgIpc) is 2.54. The van der Waals surface area contributed by atoms with Gasteiger partial charge in [0.15, 0.2) is 6.10 Å². The monoisotopic (exact) mass is 303 g/mol. The molecule has 1 atom stereocenters. The van der Waals surface area contributed by atoms with E-state index in [1.807, 2.05) is 25.1 Å². The highest BCUT2D eigenvalue weighted by Crippen LogP contribution is 2.11. The summed E-state index contributed by atoms with van der Waals surface area (Å²) in [6.45, 7) is 2.73. The summed E-state index contributed by atoms with van der Waals surface area (Å²) in [6.07, 6.45) is 2.38. The number of nitrogens with zero attached hydrogens (tertiary/aromatic N) is 1. The molecule has 1 aliphatic heterocycles. The van der Waals surface area contributed by atoms with Crippen molar-refractivity contribution in [2.45, 2.75) is 25.9 Å². The summed E-state index contributed by atoms with van der Waals surface area (Å²) in [5, 5.41) is 8.95. The Morgan fingerprint density at radius 1 is 1.36 bits per heavy atom. The van der Waals surface area contributed by atoms with Crippen LogP contribution in [0.1, 0.15) is 18.9 Å². The zero-order valence-corrected chi connectivity index (χ0v) is 12.7. The maximum absolute atomic E-state index is 12.2. The third-order valence-electron chi connectivity index (χ3n) is 3.67. The van der Waals surface area contributed by atoms with Crippen LogP contribution < -0.4 is 0 Å². The molecule has 1 aliphatic rings. The van der Waals surface area contributed by atoms with E-state index in [1.165, 1.54) is 10.5 Å². The number of rotatable bonds is 5. The minimum atomic E-state index is -1.03. The molecule has 1 saturated heterocycles. The number of hydrogen-bond donors (Lipinski definition) is 1. The molecule has 22 heavy (non-hydrogen) atoms. The molecule has 118 valence electrons. The first-order chi connectivity index (χ1) is 10.6. The first kappa shape index (κ1) is 16.2. The lowest BCUT2D eigenvalue weighted by Gasteiger charge is -2.30. The fraction of sp³-hybridized carbons (Fsp3) is 0.412. The number of carboxylic acids is 1. The van der Waals surface area contributed by atoms with E-state index in [0.29, 0.717) is 6.54 Å². The molecule has 0 radical (unpaired) electrons. The Labute approximate surface area is 130 Å². The van der Waals surface area contributed by atoms with Gasteiger partial charge in [0.25, 0.3) is 0 Å². The Morgan fingerprint density at radius 2 is 2.09 bits per heavy atom. The predicted molar refractivity (Wildman–Crippen MR) is 82.5 cm³/mol. The summed E-state index contributed by atoms with van der Waals surface area (Å²) >= 11 is 0. The molecule has 5 nitrogen and oxygen atoms in total. The smallest absolute Gasteiger partial charge is 0.334 e. The molecule has 1 aromatic carbocycles. The first-order valence-corrected chi connectivity index (χ1v) is 7.40. The lowest BCUT2D eigenvalue weighted by molar-refractivity contribution is -0.158. The highest BCUT2D eigenvalue weighted by Gasteiger charge is 2.28. The van der Waals surface area contributed by atoms with Gasteiger partial charge in [0.2, 0.25) is 5.91 Å². The van der Waals surface area contributed by atoms with Crippen LogP contribution in [0.25, 0.3) is 0 Å². The Balaban J connectivity index is 1.87. The lowest BCUT2D eigenvalue weighted by atomic mass is 10.1. The Morgan fingerprint density at radius 3 is 2.77 bits per heavy atom. The van der Waals surface area contributed by atoms with E-state index in [2.05, 4.69) is 12.1 Å². The van der Waals surface area contributed by atoms with Gasteiger partial charge < -0.3 is 14.7 Å². The van der Waals surface area contributed by atoms with Crippen LogP contribution in [0.2, 0.25) is 0 Å². The van der Waals surface area contributed by atoms with Crippen molar-refractivity contribution in [1.29, 1.82) is 0 Å². The molecule has 1 aromatic rings. The molecule has 1 heterocycles. The summed E-state index contributed by atoms with van der Waals surface area (Å²) in [5.41, 5.74) is 2.23. The summed E-state index contributed by atoms with van der Waals surface area (Å²) < 4.78 is 5.12. The van der Waals surface area contributed by atoms with Gasteiger partial charge in [-0.3, -0.25) is 4.79 Å². The van der Waals surface area contributed by atoms with Gasteiger partial charge >= 0.3 is 5.97 Å². The van der Waals surface area contributed by atoms with Crippen molar-refractivity contribution < 1.29 is 19.4 Å². The number of carboxylic acid groups (broad SMARTS) is 1. The quantitative estimate of drug-likeness (QED) is 0.843. The molecular weight excluding hydrogens is 282 g/mol. The maximum Gasteiger partial charge on any atom is 0.334 e. The van der Waals surface area contributed by atoms with Crippen molar-refractivity contribution in [2.24, 2.45) is 0 Å². The van der Waals surface area contributed by atoms with Crippen LogP contribution in [0.3, 0.4) is 0 Å². The van der Waals surface area contributed by atoms with E-state index in [1.54, 1.807) is 6.08 Å². The molecule has 1 N–H and O–H groups in total. The van der Waals surface area contributed by atoms with Gasteiger partial charge in [0.05, 0.1) is 13.2 Å². The zero-order valence-electron chi connectivity index (χ0n) is 12.7. The highest BCUT2D eigenvalue weighted by molar-refractivity contribution is 5.89. The lowest BCUT2D eigenvalue weighted by Crippen LogP contribution is -2.48. The summed E-state index contributed by atoms with van der Waals surface area (Å²) in [6, 6.07) is 10.1. The van der Waals surface area contributed by atoms with Crippen LogP contribution in [0, 0.1) is 0 Å². The van der Waals surface area contributed by atoms with Gasteiger partial charge in [-0.15, -0.1) is 0 Å². The second kappa shape index (κ2) is 7.75. The molecule has 0 aliphatic carbocycles. The number of carbonyl (C=O) groups excluding carboxylic acids is 1. The minimum Gasteiger partial charge on any atom is -0.479 e. The van der Waals surface area contributed by atoms with Gasteiger partial charge in [0.1, 0.15) is 0 Å². The van der Waals surface area contributed by atoms with Crippen molar-refractivity contribution in [3.8, 4) is 0 Å². The second-order valence-electron chi connectivity index (χ2n) is 5.46. The number of ether oxygens (including phenoxy) is 1. The number of amides is 1. The van der Waals surface area contributed by atoms with Crippen molar-refractivity contribution in [2.75, 3.05) is 19.7 Å². The normalized spacial score (nSPS) is 19.0. The Kier molecular flexibility index (Phi) is 5.72. The minimum absolute atomic E-state index is 0.108. The van der Waals surface area contributed by atoms with Crippen molar-refractivity contribution >= 4 is 11.9 Å². The number of morpholine rings is 1. The van der Waals surface area contributed by atoms with E-state index in [-0.39, 0.29) is 19.1 Å². The topological polar surface area (TPSA) is 66.8 Å². The van der Waals surface area contributed by atoms with E-state index in [9.17, 15) is 9.59 Å². The zero-order chi connectivity index (χ0) is 15.9. The van der Waals surface area contributed by atoms with Crippen LogP contribution in [-0.2, 0) is 20.7 Å². The van der Waals surface area contributed by atoms with Crippen LogP contribution in [-0.4, -0.2) is 47.7 Å². The fourth-order valence-electron chi connectivity index (χ4n) is 2.36. The Bertz CT molecular complexity index is 553. The van der Waals surface area contributed by atoms with Gasteiger partial charge in [-0.05, 0) is 25.3 Å². The molecule has 0 spiro atoms. The number of aliphatic carboxylic acids is 1. The van der Waals surface area contributed by atoms with E-state index >= 15 is 0 Å². The Hall–Kier alpha value is -2.14. The largest absolute Gasteiger partial charge is 0.479 e. The van der Waals surface area contributed by atoms with Crippen molar-refractivity contribution in [3.05, 3.63) is 47.5 Å². The molecule has 1 unspecified atom stereocenters. The van der Waals surface area contributed by atoms with Gasteiger partial charge in [0, 0.05) is 12.6 Å². The van der Waals surface area contributed by atoms with E-state index in [4.69, 9.17) is 9.84 Å². The molecular formula is C17H21NO4. The molecule has 0 saturated carbocycles. The first-order valence-electron chi connectivity index (χ1n) is 7.40. The van der Waals surface area contributed by atoms with Crippen LogP contribution in [0.4, 0.5) is 0 Å². The molecule has 5 heteroatoms. The number of allylic oxidation sites excluding steroid dienone is 1. The molecule has 2 rings (SSSR count). The number of carbonyl (C=O) groups is 2. The van der Waals surface area contributed by atoms with Crippen LogP contribution >= 0.6 is 0 Å². The number of hydrogen-bond acceptors (Lipinski definition) is 3. The van der Waals surface area contributed by atoms with Crippen LogP contribution in [0.15, 0.2) is 42.0 Å². The standard InChI is InChI=1S/C17H21NO4/c1-13(7-8-14-5-3-2-4-6-14)11-16(19)18-9-10-22-15(12-18)17(20)21/h2-6,11,15H,7-10,12H2,1H3,(H,20,21). The molecule has 0 aromatic heterocycles. The second-order valence-corrected chi connectivity index (χ2v) is 5.46. The third kappa shape index (κ3) is 4.70. The maximum atomic E-state index is 12.2. The summed E-state index contributed by atoms with van der Waals surface area (Å²) in [4.78, 5) is 24.7. The molecule has 1 amide bonds. The predicted octanol–water partition coefficient (Wildman–Crippen LogP) is 1.88. The van der Waals surface area contributed by atoms with Gasteiger partial charge in [-0.25, -0.2) is 4.79 Å². The molecule has 1 fully saturated rings. The number of aryl methyl sites for hydroxylation is 1. The van der Waals surface area contributed by atoms with Crippen molar-refractivity contribution in [1.82, 2.24) is 4.90 Å². The fourth-order valence-corrected chi connectivity index (χ4v) is 2.36. The van der Waals surface area contributed by atoms with Gasteiger partial charge in [-0.2, -0.15) is 0 Å².